The smallest absolute Gasteiger partial charge is 0.261 e. The van der Waals surface area contributed by atoms with Gasteiger partial charge in [0, 0.05) is 24.2 Å². The van der Waals surface area contributed by atoms with E-state index in [1.165, 1.54) is 10.4 Å². The molecule has 216 valence electrons. The van der Waals surface area contributed by atoms with Crippen LogP contribution in [0.5, 0.6) is 5.75 Å². The van der Waals surface area contributed by atoms with E-state index in [1.807, 2.05) is 48.5 Å². The Morgan fingerprint density at radius 1 is 0.714 bits per heavy atom. The quantitative estimate of drug-likeness (QED) is 0.184. The molecular formula is C36H41N3O2Si. The zero-order valence-corrected chi connectivity index (χ0v) is 26.2. The van der Waals surface area contributed by atoms with Crippen LogP contribution < -0.4 is 20.8 Å². The van der Waals surface area contributed by atoms with Gasteiger partial charge in [-0.2, -0.15) is 5.10 Å². The van der Waals surface area contributed by atoms with Crippen LogP contribution in [-0.4, -0.2) is 24.7 Å². The monoisotopic (exact) mass is 575 g/mol. The van der Waals surface area contributed by atoms with E-state index in [0.29, 0.717) is 19.0 Å². The highest BCUT2D eigenvalue weighted by atomic mass is 28.4. The molecule has 0 saturated carbocycles. The number of nitrogens with zero attached hydrogens (tertiary/aromatic N) is 2. The first-order valence-corrected chi connectivity index (χ1v) is 16.4. The average Bonchev–Trinajstić information content (AvgIpc) is 3.40. The van der Waals surface area contributed by atoms with Crippen molar-refractivity contribution in [1.82, 2.24) is 9.78 Å². The Morgan fingerprint density at radius 2 is 1.29 bits per heavy atom. The van der Waals surface area contributed by atoms with Crippen molar-refractivity contribution in [1.29, 1.82) is 0 Å². The summed E-state index contributed by atoms with van der Waals surface area (Å²) in [6.45, 7) is 12.2. The SMILES string of the molecule is CC(C)(CO[Si](c1ccccc1)(c1ccccc1)C(C)(C)C)c1cc(N)n(-c2cccc(OCc3ccccc3)c2)n1. The maximum atomic E-state index is 7.26. The van der Waals surface area contributed by atoms with Gasteiger partial charge in [0.1, 0.15) is 18.2 Å². The van der Waals surface area contributed by atoms with Crippen molar-refractivity contribution in [3.05, 3.63) is 133 Å². The Bertz CT molecular complexity index is 1550. The topological polar surface area (TPSA) is 62.3 Å². The van der Waals surface area contributed by atoms with Gasteiger partial charge >= 0.3 is 0 Å². The Kier molecular flexibility index (Phi) is 8.39. The fourth-order valence-corrected chi connectivity index (χ4v) is 10.2. The Balaban J connectivity index is 1.42. The average molecular weight is 576 g/mol. The van der Waals surface area contributed by atoms with Crippen LogP contribution >= 0.6 is 0 Å². The van der Waals surface area contributed by atoms with Crippen LogP contribution in [0.4, 0.5) is 5.82 Å². The number of nitrogens with two attached hydrogens (primary N) is 1. The van der Waals surface area contributed by atoms with Gasteiger partial charge < -0.3 is 14.9 Å². The molecule has 0 aliphatic heterocycles. The summed E-state index contributed by atoms with van der Waals surface area (Å²) in [5, 5.41) is 7.41. The van der Waals surface area contributed by atoms with Crippen LogP contribution in [0, 0.1) is 0 Å². The highest BCUT2D eigenvalue weighted by Gasteiger charge is 2.51. The molecule has 4 aromatic carbocycles. The molecule has 0 fully saturated rings. The Morgan fingerprint density at radius 3 is 1.86 bits per heavy atom. The van der Waals surface area contributed by atoms with Crippen molar-refractivity contribution < 1.29 is 9.16 Å². The van der Waals surface area contributed by atoms with Gasteiger partial charge in [0.25, 0.3) is 8.32 Å². The highest BCUT2D eigenvalue weighted by molar-refractivity contribution is 6.99. The molecule has 6 heteroatoms. The lowest BCUT2D eigenvalue weighted by Crippen LogP contribution is -2.67. The maximum absolute atomic E-state index is 7.26. The summed E-state index contributed by atoms with van der Waals surface area (Å²) in [7, 11) is -2.69. The van der Waals surface area contributed by atoms with Gasteiger partial charge in [-0.1, -0.05) is 132 Å². The second-order valence-corrected chi connectivity index (χ2v) is 16.8. The highest BCUT2D eigenvalue weighted by Crippen LogP contribution is 2.38. The third kappa shape index (κ3) is 6.05. The summed E-state index contributed by atoms with van der Waals surface area (Å²) in [5.41, 5.74) is 9.01. The fourth-order valence-electron chi connectivity index (χ4n) is 5.50. The van der Waals surface area contributed by atoms with Crippen LogP contribution in [0.15, 0.2) is 121 Å². The third-order valence-electron chi connectivity index (χ3n) is 7.81. The largest absolute Gasteiger partial charge is 0.489 e. The number of rotatable bonds is 10. The number of hydrogen-bond acceptors (Lipinski definition) is 4. The molecule has 0 radical (unpaired) electrons. The van der Waals surface area contributed by atoms with E-state index in [2.05, 4.69) is 107 Å². The molecule has 0 bridgehead atoms. The molecule has 0 aliphatic carbocycles. The lowest BCUT2D eigenvalue weighted by molar-refractivity contribution is 0.223. The van der Waals surface area contributed by atoms with Crippen LogP contribution in [0.1, 0.15) is 45.9 Å². The summed E-state index contributed by atoms with van der Waals surface area (Å²) in [4.78, 5) is 0. The van der Waals surface area contributed by atoms with Gasteiger partial charge in [0.15, 0.2) is 0 Å². The first kappa shape index (κ1) is 29.4. The first-order valence-electron chi connectivity index (χ1n) is 14.5. The predicted octanol–water partition coefficient (Wildman–Crippen LogP) is 6.89. The van der Waals surface area contributed by atoms with E-state index in [9.17, 15) is 0 Å². The molecule has 42 heavy (non-hydrogen) atoms. The number of hydrogen-bond donors (Lipinski definition) is 1. The maximum Gasteiger partial charge on any atom is 0.261 e. The van der Waals surface area contributed by atoms with Crippen molar-refractivity contribution in [3.8, 4) is 11.4 Å². The van der Waals surface area contributed by atoms with Crippen molar-refractivity contribution >= 4 is 24.5 Å². The standard InChI is InChI=1S/C36H41N3O2Si/c1-35(2,3)42(31-20-11-7-12-21-31,32-22-13-8-14-23-32)41-27-36(4,5)33-25-34(37)39(38-33)29-18-15-19-30(24-29)40-26-28-16-9-6-10-17-28/h6-25H,26-27,37H2,1-5H3. The van der Waals surface area contributed by atoms with Crippen molar-refractivity contribution in [3.63, 3.8) is 0 Å². The summed E-state index contributed by atoms with van der Waals surface area (Å²) in [5.74, 6) is 1.34. The number of aromatic nitrogens is 2. The predicted molar refractivity (Wildman–Crippen MR) is 175 cm³/mol. The molecule has 0 unspecified atom stereocenters. The summed E-state index contributed by atoms with van der Waals surface area (Å²) in [6.07, 6.45) is 0. The number of nitrogen functional groups attached to an aromatic ring is 1. The summed E-state index contributed by atoms with van der Waals surface area (Å²) in [6, 6.07) is 41.4. The molecule has 1 aromatic heterocycles. The van der Waals surface area contributed by atoms with Crippen LogP contribution in [0.25, 0.3) is 5.69 Å². The van der Waals surface area contributed by atoms with Gasteiger partial charge in [-0.15, -0.1) is 0 Å². The zero-order valence-electron chi connectivity index (χ0n) is 25.2. The molecular weight excluding hydrogens is 535 g/mol. The number of ether oxygens (including phenoxy) is 1. The zero-order chi connectivity index (χ0) is 29.8. The molecule has 0 aliphatic rings. The van der Waals surface area contributed by atoms with E-state index < -0.39 is 13.7 Å². The van der Waals surface area contributed by atoms with Gasteiger partial charge in [-0.25, -0.2) is 4.68 Å². The second kappa shape index (κ2) is 12.0. The summed E-state index contributed by atoms with van der Waals surface area (Å²) >= 11 is 0. The minimum absolute atomic E-state index is 0.107. The number of benzene rings is 4. The van der Waals surface area contributed by atoms with E-state index in [0.717, 1.165) is 22.7 Å². The molecule has 0 spiro atoms. The van der Waals surface area contributed by atoms with Crippen molar-refractivity contribution in [2.24, 2.45) is 0 Å². The molecule has 5 rings (SSSR count). The molecule has 1 heterocycles. The van der Waals surface area contributed by atoms with Crippen molar-refractivity contribution in [2.45, 2.75) is 51.7 Å². The van der Waals surface area contributed by atoms with E-state index >= 15 is 0 Å². The van der Waals surface area contributed by atoms with Crippen LogP contribution in [0.2, 0.25) is 5.04 Å². The van der Waals surface area contributed by atoms with E-state index in [-0.39, 0.29) is 5.04 Å². The van der Waals surface area contributed by atoms with Gasteiger partial charge in [-0.3, -0.25) is 0 Å². The Labute approximate surface area is 251 Å². The van der Waals surface area contributed by atoms with Crippen LogP contribution in [0.3, 0.4) is 0 Å². The second-order valence-electron chi connectivity index (χ2n) is 12.5. The molecule has 0 amide bonds. The lowest BCUT2D eigenvalue weighted by Gasteiger charge is -2.44. The minimum atomic E-state index is -2.69. The van der Waals surface area contributed by atoms with Gasteiger partial charge in [0.2, 0.25) is 0 Å². The summed E-state index contributed by atoms with van der Waals surface area (Å²) < 4.78 is 15.1. The molecule has 0 atom stereocenters. The van der Waals surface area contributed by atoms with Gasteiger partial charge in [0.05, 0.1) is 11.4 Å². The molecule has 2 N–H and O–H groups in total. The van der Waals surface area contributed by atoms with Gasteiger partial charge in [-0.05, 0) is 33.1 Å². The van der Waals surface area contributed by atoms with Crippen LogP contribution in [-0.2, 0) is 16.4 Å². The third-order valence-corrected chi connectivity index (χ3v) is 12.8. The fraction of sp³-hybridized carbons (Fsp3) is 0.250. The minimum Gasteiger partial charge on any atom is -0.489 e. The molecule has 0 saturated heterocycles. The Hall–Kier alpha value is -4.13. The van der Waals surface area contributed by atoms with E-state index in [4.69, 9.17) is 20.0 Å². The molecule has 5 aromatic rings. The molecule has 5 nitrogen and oxygen atoms in total. The first-order chi connectivity index (χ1) is 20.1. The normalized spacial score (nSPS) is 12.3. The van der Waals surface area contributed by atoms with Crippen molar-refractivity contribution in [2.75, 3.05) is 12.3 Å². The lowest BCUT2D eigenvalue weighted by atomic mass is 9.91. The number of anilines is 1. The van der Waals surface area contributed by atoms with E-state index in [1.54, 1.807) is 4.68 Å².